The molecule has 0 aromatic heterocycles. The Bertz CT molecular complexity index is 941. The first-order valence-corrected chi connectivity index (χ1v) is 13.5. The second-order valence-electron chi connectivity index (χ2n) is 7.55. The van der Waals surface area contributed by atoms with Gasteiger partial charge in [-0.05, 0) is 49.8 Å². The van der Waals surface area contributed by atoms with Gasteiger partial charge in [0.2, 0.25) is 10.0 Å². The van der Waals surface area contributed by atoms with Gasteiger partial charge in [-0.15, -0.1) is 24.0 Å². The van der Waals surface area contributed by atoms with Gasteiger partial charge in [0, 0.05) is 32.4 Å². The monoisotopic (exact) mass is 572 g/mol. The summed E-state index contributed by atoms with van der Waals surface area (Å²) in [6.07, 6.45) is 4.11. The summed E-state index contributed by atoms with van der Waals surface area (Å²) in [6.45, 7) is 6.80. The van der Waals surface area contributed by atoms with Crippen LogP contribution in [0.5, 0.6) is 0 Å². The summed E-state index contributed by atoms with van der Waals surface area (Å²) in [5.41, 5.74) is 1.66. The number of halogens is 1. The molecule has 0 atom stereocenters. The number of aryl methyl sites for hydroxylation is 1. The number of rotatable bonds is 7. The zero-order chi connectivity index (χ0) is 21.7. The summed E-state index contributed by atoms with van der Waals surface area (Å²) in [6, 6.07) is 5.27. The highest BCUT2D eigenvalue weighted by molar-refractivity contribution is 14.0. The lowest BCUT2D eigenvalue weighted by Gasteiger charge is -2.30. The normalized spacial score (nSPS) is 16.7. The number of nitrogens with zero attached hydrogens (tertiary/aromatic N) is 2. The zero-order valence-corrected chi connectivity index (χ0v) is 22.0. The summed E-state index contributed by atoms with van der Waals surface area (Å²) in [4.78, 5) is 4.94. The molecule has 0 unspecified atom stereocenters. The SMILES string of the molecule is CCNC(=NCc1ccc(S(C)(=O)=O)c(C)c1)NCC1CCN(S(C)(=O)=O)CC1.I. The number of hydrogen-bond acceptors (Lipinski definition) is 5. The van der Waals surface area contributed by atoms with E-state index in [1.54, 1.807) is 19.1 Å². The van der Waals surface area contributed by atoms with Gasteiger partial charge in [0.15, 0.2) is 15.8 Å². The quantitative estimate of drug-likeness (QED) is 0.293. The maximum Gasteiger partial charge on any atom is 0.211 e. The van der Waals surface area contributed by atoms with E-state index in [0.29, 0.717) is 36.4 Å². The van der Waals surface area contributed by atoms with Gasteiger partial charge >= 0.3 is 0 Å². The van der Waals surface area contributed by atoms with Crippen molar-refractivity contribution in [1.29, 1.82) is 0 Å². The smallest absolute Gasteiger partial charge is 0.211 e. The second-order valence-corrected chi connectivity index (χ2v) is 11.5. The second kappa shape index (κ2) is 11.6. The van der Waals surface area contributed by atoms with Gasteiger partial charge in [0.05, 0.1) is 17.7 Å². The Hall–Kier alpha value is -0.920. The third-order valence-electron chi connectivity index (χ3n) is 5.00. The van der Waals surface area contributed by atoms with E-state index >= 15 is 0 Å². The number of guanidine groups is 1. The Labute approximate surface area is 197 Å². The molecule has 1 aromatic carbocycles. The number of benzene rings is 1. The summed E-state index contributed by atoms with van der Waals surface area (Å²) >= 11 is 0. The van der Waals surface area contributed by atoms with Crippen molar-refractivity contribution in [3.63, 3.8) is 0 Å². The van der Waals surface area contributed by atoms with Crippen LogP contribution in [0.15, 0.2) is 28.1 Å². The fourth-order valence-electron chi connectivity index (χ4n) is 3.42. The fraction of sp³-hybridized carbons (Fsp3) is 0.632. The van der Waals surface area contributed by atoms with Gasteiger partial charge in [-0.1, -0.05) is 12.1 Å². The van der Waals surface area contributed by atoms with Gasteiger partial charge < -0.3 is 10.6 Å². The first-order chi connectivity index (χ1) is 13.5. The fourth-order valence-corrected chi connectivity index (χ4v) is 5.26. The average Bonchev–Trinajstić information content (AvgIpc) is 2.62. The van der Waals surface area contributed by atoms with Crippen molar-refractivity contribution < 1.29 is 16.8 Å². The molecule has 0 spiro atoms. The van der Waals surface area contributed by atoms with Crippen molar-refractivity contribution >= 4 is 49.8 Å². The molecule has 0 bridgehead atoms. The van der Waals surface area contributed by atoms with Gasteiger partial charge in [-0.25, -0.2) is 26.1 Å². The minimum atomic E-state index is -3.23. The first kappa shape index (κ1) is 27.1. The number of aliphatic imine (C=N–C) groups is 1. The van der Waals surface area contributed by atoms with Crippen LogP contribution < -0.4 is 10.6 Å². The minimum Gasteiger partial charge on any atom is -0.357 e. The van der Waals surface area contributed by atoms with Crippen molar-refractivity contribution in [2.45, 2.75) is 38.1 Å². The molecule has 172 valence electrons. The summed E-state index contributed by atoms with van der Waals surface area (Å²) in [7, 11) is -6.33. The Kier molecular flexibility index (Phi) is 10.5. The van der Waals surface area contributed by atoms with Crippen LogP contribution in [-0.2, 0) is 26.4 Å². The highest BCUT2D eigenvalue weighted by atomic mass is 127. The van der Waals surface area contributed by atoms with E-state index in [0.717, 1.165) is 37.1 Å². The predicted molar refractivity (Wildman–Crippen MR) is 132 cm³/mol. The van der Waals surface area contributed by atoms with Crippen LogP contribution in [0.3, 0.4) is 0 Å². The van der Waals surface area contributed by atoms with Crippen LogP contribution in [0.4, 0.5) is 0 Å². The zero-order valence-electron chi connectivity index (χ0n) is 18.0. The number of hydrogen-bond donors (Lipinski definition) is 2. The van der Waals surface area contributed by atoms with Crippen molar-refractivity contribution in [3.05, 3.63) is 29.3 Å². The molecule has 1 aromatic rings. The molecule has 2 N–H and O–H groups in total. The molecule has 8 nitrogen and oxygen atoms in total. The summed E-state index contributed by atoms with van der Waals surface area (Å²) in [5, 5.41) is 6.55. The lowest BCUT2D eigenvalue weighted by atomic mass is 9.98. The molecule has 2 rings (SSSR count). The minimum absolute atomic E-state index is 0. The van der Waals surface area contributed by atoms with Gasteiger partial charge in [0.1, 0.15) is 0 Å². The highest BCUT2D eigenvalue weighted by Gasteiger charge is 2.24. The molecule has 1 fully saturated rings. The van der Waals surface area contributed by atoms with Gasteiger partial charge in [-0.2, -0.15) is 0 Å². The Morgan fingerprint density at radius 3 is 2.27 bits per heavy atom. The van der Waals surface area contributed by atoms with E-state index in [4.69, 9.17) is 0 Å². The number of sulfone groups is 1. The van der Waals surface area contributed by atoms with Crippen LogP contribution in [0.25, 0.3) is 0 Å². The van der Waals surface area contributed by atoms with Crippen LogP contribution in [-0.4, -0.2) is 65.8 Å². The van der Waals surface area contributed by atoms with E-state index in [2.05, 4.69) is 15.6 Å². The molecule has 0 aliphatic carbocycles. The third-order valence-corrected chi connectivity index (χ3v) is 7.56. The highest BCUT2D eigenvalue weighted by Crippen LogP contribution is 2.19. The molecule has 1 heterocycles. The van der Waals surface area contributed by atoms with Gasteiger partial charge in [-0.3, -0.25) is 0 Å². The first-order valence-electron chi connectivity index (χ1n) is 9.77. The third kappa shape index (κ3) is 8.31. The topological polar surface area (TPSA) is 108 Å². The molecule has 11 heteroatoms. The van der Waals surface area contributed by atoms with Crippen molar-refractivity contribution in [1.82, 2.24) is 14.9 Å². The van der Waals surface area contributed by atoms with Crippen molar-refractivity contribution in [2.75, 3.05) is 38.7 Å². The molecule has 30 heavy (non-hydrogen) atoms. The molecule has 1 aliphatic heterocycles. The van der Waals surface area contributed by atoms with Crippen LogP contribution in [0.1, 0.15) is 30.9 Å². The lowest BCUT2D eigenvalue weighted by molar-refractivity contribution is 0.275. The maximum atomic E-state index is 11.7. The van der Waals surface area contributed by atoms with E-state index in [9.17, 15) is 16.8 Å². The number of nitrogens with one attached hydrogen (secondary N) is 2. The van der Waals surface area contributed by atoms with Crippen LogP contribution in [0.2, 0.25) is 0 Å². The molecule has 1 aliphatic rings. The maximum absolute atomic E-state index is 11.7. The Balaban J connectivity index is 0.00000450. The largest absolute Gasteiger partial charge is 0.357 e. The molecule has 0 radical (unpaired) electrons. The lowest BCUT2D eigenvalue weighted by Crippen LogP contribution is -2.44. The molecule has 0 saturated carbocycles. The molecule has 0 amide bonds. The van der Waals surface area contributed by atoms with E-state index in [-0.39, 0.29) is 24.0 Å². The Morgan fingerprint density at radius 2 is 1.77 bits per heavy atom. The van der Waals surface area contributed by atoms with E-state index in [1.165, 1.54) is 16.8 Å². The molecular formula is C19H33IN4O4S2. The number of sulfonamides is 1. The van der Waals surface area contributed by atoms with E-state index in [1.807, 2.05) is 13.0 Å². The Morgan fingerprint density at radius 1 is 1.13 bits per heavy atom. The van der Waals surface area contributed by atoms with Crippen LogP contribution >= 0.6 is 24.0 Å². The van der Waals surface area contributed by atoms with Crippen molar-refractivity contribution in [2.24, 2.45) is 10.9 Å². The number of piperidine rings is 1. The average molecular weight is 573 g/mol. The summed E-state index contributed by atoms with van der Waals surface area (Å²) in [5.74, 6) is 1.09. The standard InChI is InChI=1S/C19H32N4O4S2.HI/c1-5-20-19(21-13-16-8-10-23(11-9-16)29(4,26)27)22-14-17-6-7-18(15(2)12-17)28(3,24)25;/h6-7,12,16H,5,8-11,13-14H2,1-4H3,(H2,20,21,22);1H. The predicted octanol–water partition coefficient (Wildman–Crippen LogP) is 1.74. The van der Waals surface area contributed by atoms with Gasteiger partial charge in [0.25, 0.3) is 0 Å². The molecule has 1 saturated heterocycles. The summed E-state index contributed by atoms with van der Waals surface area (Å²) < 4.78 is 48.2. The van der Waals surface area contributed by atoms with Crippen LogP contribution in [0, 0.1) is 12.8 Å². The van der Waals surface area contributed by atoms with E-state index < -0.39 is 19.9 Å². The van der Waals surface area contributed by atoms with Crippen molar-refractivity contribution in [3.8, 4) is 0 Å². The molecular weight excluding hydrogens is 539 g/mol.